The zero-order valence-corrected chi connectivity index (χ0v) is 10.2. The largest absolute Gasteiger partial charge is 0.481 e. The number of fused-ring (bicyclic) bond motifs is 1. The van der Waals surface area contributed by atoms with E-state index in [1.165, 1.54) is 5.56 Å². The van der Waals surface area contributed by atoms with Crippen LogP contribution in [-0.2, 0) is 6.54 Å². The van der Waals surface area contributed by atoms with Gasteiger partial charge in [-0.2, -0.15) is 0 Å². The third-order valence-corrected chi connectivity index (χ3v) is 2.43. The summed E-state index contributed by atoms with van der Waals surface area (Å²) < 4.78 is 6.03. The van der Waals surface area contributed by atoms with Gasteiger partial charge in [-0.05, 0) is 6.07 Å². The molecule has 2 rings (SSSR count). The molecule has 0 amide bonds. The zero-order chi connectivity index (χ0) is 11.8. The second-order valence-corrected chi connectivity index (χ2v) is 5.01. The van der Waals surface area contributed by atoms with Gasteiger partial charge in [0.1, 0.15) is 12.1 Å². The van der Waals surface area contributed by atoms with Crippen molar-refractivity contribution in [1.82, 2.24) is 9.97 Å². The van der Waals surface area contributed by atoms with E-state index in [9.17, 15) is 0 Å². The minimum atomic E-state index is 0.662. The predicted octanol–water partition coefficient (Wildman–Crippen LogP) is 1.78. The van der Waals surface area contributed by atoms with E-state index in [1.54, 1.807) is 7.11 Å². The molecule has 2 aromatic rings. The molecule has 0 unspecified atom stereocenters. The van der Waals surface area contributed by atoms with E-state index in [2.05, 4.69) is 31.1 Å². The molecule has 0 radical (unpaired) electrons. The second-order valence-electron chi connectivity index (χ2n) is 5.01. The summed E-state index contributed by atoms with van der Waals surface area (Å²) in [7, 11) is 8.14. The van der Waals surface area contributed by atoms with Crippen LogP contribution >= 0.6 is 0 Å². The van der Waals surface area contributed by atoms with Gasteiger partial charge in [0.15, 0.2) is 0 Å². The first-order valence-electron chi connectivity index (χ1n) is 5.31. The van der Waals surface area contributed by atoms with Crippen LogP contribution in [0.4, 0.5) is 0 Å². The van der Waals surface area contributed by atoms with Crippen LogP contribution in [0, 0.1) is 0 Å². The standard InChI is InChI=1S/C12H18N3O/c1-15(2,3)8-9-7-13-10-5-6-11(16-4)14-12(9)10/h5-7,13H,8H2,1-4H3/q+1. The summed E-state index contributed by atoms with van der Waals surface area (Å²) >= 11 is 0. The molecule has 0 spiro atoms. The highest BCUT2D eigenvalue weighted by molar-refractivity contribution is 5.79. The molecule has 4 nitrogen and oxygen atoms in total. The molecule has 0 bridgehead atoms. The molecule has 0 saturated carbocycles. The molecule has 0 atom stereocenters. The van der Waals surface area contributed by atoms with Crippen molar-refractivity contribution in [2.45, 2.75) is 6.54 Å². The maximum Gasteiger partial charge on any atom is 0.213 e. The quantitative estimate of drug-likeness (QED) is 0.801. The van der Waals surface area contributed by atoms with Gasteiger partial charge in [-0.15, -0.1) is 0 Å². The van der Waals surface area contributed by atoms with Crippen molar-refractivity contribution < 1.29 is 9.22 Å². The van der Waals surface area contributed by atoms with Gasteiger partial charge in [0.2, 0.25) is 5.88 Å². The van der Waals surface area contributed by atoms with E-state index in [1.807, 2.05) is 18.3 Å². The number of hydrogen-bond acceptors (Lipinski definition) is 2. The number of nitrogens with one attached hydrogen (secondary N) is 1. The molecule has 0 aliphatic heterocycles. The normalized spacial score (nSPS) is 12.0. The summed E-state index contributed by atoms with van der Waals surface area (Å²) in [6.07, 6.45) is 2.03. The summed E-state index contributed by atoms with van der Waals surface area (Å²) in [4.78, 5) is 7.71. The van der Waals surface area contributed by atoms with E-state index in [4.69, 9.17) is 4.74 Å². The number of H-pyrrole nitrogens is 1. The summed E-state index contributed by atoms with van der Waals surface area (Å²) in [5, 5.41) is 0. The van der Waals surface area contributed by atoms with Crippen molar-refractivity contribution in [3.05, 3.63) is 23.9 Å². The van der Waals surface area contributed by atoms with Crippen LogP contribution in [0.25, 0.3) is 11.0 Å². The van der Waals surface area contributed by atoms with Crippen LogP contribution in [0.1, 0.15) is 5.56 Å². The Labute approximate surface area is 95.4 Å². The van der Waals surface area contributed by atoms with Gasteiger partial charge in [0.25, 0.3) is 0 Å². The van der Waals surface area contributed by atoms with Crippen LogP contribution in [0.15, 0.2) is 18.3 Å². The van der Waals surface area contributed by atoms with Gasteiger partial charge >= 0.3 is 0 Å². The summed E-state index contributed by atoms with van der Waals surface area (Å²) in [5.41, 5.74) is 3.29. The molecule has 2 aromatic heterocycles. The Morgan fingerprint density at radius 3 is 2.69 bits per heavy atom. The minimum absolute atomic E-state index is 0.662. The monoisotopic (exact) mass is 220 g/mol. The first-order chi connectivity index (χ1) is 7.49. The van der Waals surface area contributed by atoms with Gasteiger partial charge in [-0.3, -0.25) is 0 Å². The molecule has 0 fully saturated rings. The van der Waals surface area contributed by atoms with Gasteiger partial charge < -0.3 is 14.2 Å². The molecule has 2 heterocycles. The van der Waals surface area contributed by atoms with E-state index in [0.29, 0.717) is 5.88 Å². The third kappa shape index (κ3) is 2.17. The van der Waals surface area contributed by atoms with Gasteiger partial charge in [-0.25, -0.2) is 4.98 Å². The van der Waals surface area contributed by atoms with Gasteiger partial charge in [0.05, 0.1) is 39.3 Å². The van der Waals surface area contributed by atoms with Gasteiger partial charge in [-0.1, -0.05) is 0 Å². The fraction of sp³-hybridized carbons (Fsp3) is 0.417. The molecule has 0 saturated heterocycles. The van der Waals surface area contributed by atoms with E-state index < -0.39 is 0 Å². The van der Waals surface area contributed by atoms with E-state index in [-0.39, 0.29) is 0 Å². The lowest BCUT2D eigenvalue weighted by Crippen LogP contribution is -2.33. The molecule has 86 valence electrons. The first-order valence-corrected chi connectivity index (χ1v) is 5.31. The number of pyridine rings is 1. The Bertz CT molecular complexity index is 496. The van der Waals surface area contributed by atoms with Crippen molar-refractivity contribution in [3.63, 3.8) is 0 Å². The third-order valence-electron chi connectivity index (χ3n) is 2.43. The number of ether oxygens (including phenoxy) is 1. The Morgan fingerprint density at radius 2 is 2.06 bits per heavy atom. The molecule has 1 N–H and O–H groups in total. The van der Waals surface area contributed by atoms with Crippen LogP contribution in [0.3, 0.4) is 0 Å². The fourth-order valence-corrected chi connectivity index (χ4v) is 1.78. The highest BCUT2D eigenvalue weighted by atomic mass is 16.5. The maximum atomic E-state index is 5.15. The number of rotatable bonds is 3. The highest BCUT2D eigenvalue weighted by Crippen LogP contribution is 2.21. The van der Waals surface area contributed by atoms with Crippen LogP contribution < -0.4 is 4.74 Å². The summed E-state index contributed by atoms with van der Waals surface area (Å²) in [6, 6.07) is 3.87. The van der Waals surface area contributed by atoms with Crippen LogP contribution in [0.2, 0.25) is 0 Å². The Morgan fingerprint density at radius 1 is 1.31 bits per heavy atom. The number of quaternary nitrogens is 1. The number of methoxy groups -OCH3 is 1. The molecular formula is C12H18N3O+. The highest BCUT2D eigenvalue weighted by Gasteiger charge is 2.14. The van der Waals surface area contributed by atoms with Crippen molar-refractivity contribution in [1.29, 1.82) is 0 Å². The molecule has 4 heteroatoms. The average molecular weight is 220 g/mol. The number of aromatic amines is 1. The number of nitrogens with zero attached hydrogens (tertiary/aromatic N) is 2. The lowest BCUT2D eigenvalue weighted by atomic mass is 10.2. The Kier molecular flexibility index (Phi) is 2.59. The molecule has 16 heavy (non-hydrogen) atoms. The molecule has 0 aromatic carbocycles. The fourth-order valence-electron chi connectivity index (χ4n) is 1.78. The number of aromatic nitrogens is 2. The summed E-state index contributed by atoms with van der Waals surface area (Å²) in [5.74, 6) is 0.662. The summed E-state index contributed by atoms with van der Waals surface area (Å²) in [6.45, 7) is 0.945. The van der Waals surface area contributed by atoms with E-state index >= 15 is 0 Å². The van der Waals surface area contributed by atoms with Crippen molar-refractivity contribution in [2.75, 3.05) is 28.3 Å². The maximum absolute atomic E-state index is 5.15. The van der Waals surface area contributed by atoms with Crippen LogP contribution in [-0.4, -0.2) is 42.7 Å². The van der Waals surface area contributed by atoms with Crippen molar-refractivity contribution in [2.24, 2.45) is 0 Å². The first kappa shape index (κ1) is 11.0. The van der Waals surface area contributed by atoms with Crippen LogP contribution in [0.5, 0.6) is 5.88 Å². The molecular weight excluding hydrogens is 202 g/mol. The van der Waals surface area contributed by atoms with Crippen molar-refractivity contribution in [3.8, 4) is 5.88 Å². The predicted molar refractivity (Wildman–Crippen MR) is 64.4 cm³/mol. The molecule has 0 aliphatic carbocycles. The smallest absolute Gasteiger partial charge is 0.213 e. The van der Waals surface area contributed by atoms with Gasteiger partial charge in [0, 0.05) is 12.3 Å². The molecule has 0 aliphatic rings. The second kappa shape index (κ2) is 3.79. The average Bonchev–Trinajstić information content (AvgIpc) is 2.58. The topological polar surface area (TPSA) is 37.9 Å². The van der Waals surface area contributed by atoms with E-state index in [0.717, 1.165) is 22.1 Å². The minimum Gasteiger partial charge on any atom is -0.481 e. The Balaban J connectivity index is 2.46. The zero-order valence-electron chi connectivity index (χ0n) is 10.2. The SMILES string of the molecule is COc1ccc2[nH]cc(C[N+](C)(C)C)c2n1. The number of hydrogen-bond donors (Lipinski definition) is 1. The lowest BCUT2D eigenvalue weighted by Gasteiger charge is -2.23. The Hall–Kier alpha value is -1.55. The van der Waals surface area contributed by atoms with Crippen molar-refractivity contribution >= 4 is 11.0 Å². The lowest BCUT2D eigenvalue weighted by molar-refractivity contribution is -0.883.